The van der Waals surface area contributed by atoms with Crippen molar-refractivity contribution in [1.82, 2.24) is 9.80 Å². The van der Waals surface area contributed by atoms with Gasteiger partial charge in [-0.05, 0) is 31.2 Å². The van der Waals surface area contributed by atoms with Gasteiger partial charge in [-0.3, -0.25) is 19.4 Å². The summed E-state index contributed by atoms with van der Waals surface area (Å²) in [4.78, 5) is 29.0. The van der Waals surface area contributed by atoms with Crippen molar-refractivity contribution >= 4 is 46.4 Å². The Labute approximate surface area is 180 Å². The first-order chi connectivity index (χ1) is 13.9. The summed E-state index contributed by atoms with van der Waals surface area (Å²) in [6.07, 6.45) is 0. The van der Waals surface area contributed by atoms with Crippen LogP contribution in [0.25, 0.3) is 0 Å². The van der Waals surface area contributed by atoms with E-state index in [1.807, 2.05) is 31.2 Å². The SMILES string of the molecule is CC(C(=O)Nc1ccccc1Cl)N1CCN(CC(=O)Nc2ccccc2Cl)CC1. The molecule has 0 aliphatic carbocycles. The fraction of sp³-hybridized carbons (Fsp3) is 0.333. The van der Waals surface area contributed by atoms with E-state index >= 15 is 0 Å². The highest BCUT2D eigenvalue weighted by atomic mass is 35.5. The molecule has 0 aromatic heterocycles. The molecule has 2 aromatic rings. The summed E-state index contributed by atoms with van der Waals surface area (Å²) < 4.78 is 0. The average molecular weight is 435 g/mol. The van der Waals surface area contributed by atoms with Gasteiger partial charge in [0.25, 0.3) is 0 Å². The molecule has 2 amide bonds. The quantitative estimate of drug-likeness (QED) is 0.728. The Bertz CT molecular complexity index is 869. The van der Waals surface area contributed by atoms with Gasteiger partial charge in [0.1, 0.15) is 0 Å². The molecule has 29 heavy (non-hydrogen) atoms. The standard InChI is InChI=1S/C21H24Cl2N4O2/c1-15(21(29)25-19-9-5-3-7-17(19)23)27-12-10-26(11-13-27)14-20(28)24-18-8-4-2-6-16(18)22/h2-9,15H,10-14H2,1H3,(H,24,28)(H,25,29). The first-order valence-corrected chi connectivity index (χ1v) is 10.3. The van der Waals surface area contributed by atoms with Crippen molar-refractivity contribution in [2.75, 3.05) is 43.4 Å². The lowest BCUT2D eigenvalue weighted by molar-refractivity contribution is -0.122. The molecule has 1 atom stereocenters. The first-order valence-electron chi connectivity index (χ1n) is 9.50. The normalized spacial score (nSPS) is 16.2. The van der Waals surface area contributed by atoms with Crippen LogP contribution in [0.1, 0.15) is 6.92 Å². The molecule has 3 rings (SSSR count). The second-order valence-electron chi connectivity index (χ2n) is 6.99. The number of hydrogen-bond donors (Lipinski definition) is 2. The minimum Gasteiger partial charge on any atom is -0.324 e. The molecule has 8 heteroatoms. The number of piperazine rings is 1. The van der Waals surface area contributed by atoms with Crippen LogP contribution in [0.2, 0.25) is 10.0 Å². The Kier molecular flexibility index (Phi) is 7.50. The van der Waals surface area contributed by atoms with Gasteiger partial charge in [0.15, 0.2) is 0 Å². The van der Waals surface area contributed by atoms with E-state index in [9.17, 15) is 9.59 Å². The maximum Gasteiger partial charge on any atom is 0.241 e. The second-order valence-corrected chi connectivity index (χ2v) is 7.80. The topological polar surface area (TPSA) is 64.7 Å². The summed E-state index contributed by atoms with van der Waals surface area (Å²) in [7, 11) is 0. The number of nitrogens with one attached hydrogen (secondary N) is 2. The number of rotatable bonds is 6. The summed E-state index contributed by atoms with van der Waals surface area (Å²) in [6, 6.07) is 14.1. The average Bonchev–Trinajstić information content (AvgIpc) is 2.71. The number of carbonyl (C=O) groups excluding carboxylic acids is 2. The first kappa shape index (κ1) is 21.6. The molecule has 0 bridgehead atoms. The molecule has 1 fully saturated rings. The van der Waals surface area contributed by atoms with Crippen molar-refractivity contribution in [2.24, 2.45) is 0 Å². The molecule has 1 heterocycles. The Morgan fingerprint density at radius 3 is 1.97 bits per heavy atom. The Hall–Kier alpha value is -2.12. The molecule has 1 aliphatic rings. The number of para-hydroxylation sites is 2. The van der Waals surface area contributed by atoms with Gasteiger partial charge in [0.2, 0.25) is 11.8 Å². The highest BCUT2D eigenvalue weighted by Gasteiger charge is 2.26. The van der Waals surface area contributed by atoms with Gasteiger partial charge in [0, 0.05) is 26.2 Å². The van der Waals surface area contributed by atoms with Crippen LogP contribution in [-0.4, -0.2) is 60.4 Å². The number of halogens is 2. The molecular weight excluding hydrogens is 411 g/mol. The highest BCUT2D eigenvalue weighted by Crippen LogP contribution is 2.22. The molecule has 154 valence electrons. The maximum atomic E-state index is 12.6. The van der Waals surface area contributed by atoms with Crippen LogP contribution in [-0.2, 0) is 9.59 Å². The number of benzene rings is 2. The van der Waals surface area contributed by atoms with Gasteiger partial charge in [-0.25, -0.2) is 0 Å². The predicted octanol–water partition coefficient (Wildman–Crippen LogP) is 3.58. The van der Waals surface area contributed by atoms with Gasteiger partial charge in [0.05, 0.1) is 34.0 Å². The van der Waals surface area contributed by atoms with Crippen molar-refractivity contribution in [1.29, 1.82) is 0 Å². The van der Waals surface area contributed by atoms with Crippen LogP contribution in [0.4, 0.5) is 11.4 Å². The molecule has 6 nitrogen and oxygen atoms in total. The second kappa shape index (κ2) is 10.1. The smallest absolute Gasteiger partial charge is 0.241 e. The fourth-order valence-corrected chi connectivity index (χ4v) is 3.60. The third-order valence-corrected chi connectivity index (χ3v) is 5.64. The largest absolute Gasteiger partial charge is 0.324 e. The lowest BCUT2D eigenvalue weighted by Crippen LogP contribution is -2.53. The summed E-state index contributed by atoms with van der Waals surface area (Å²) in [6.45, 7) is 5.00. The van der Waals surface area contributed by atoms with E-state index in [1.165, 1.54) is 0 Å². The van der Waals surface area contributed by atoms with Crippen LogP contribution in [0.15, 0.2) is 48.5 Å². The predicted molar refractivity (Wildman–Crippen MR) is 118 cm³/mol. The van der Waals surface area contributed by atoms with Gasteiger partial charge in [-0.2, -0.15) is 0 Å². The third-order valence-electron chi connectivity index (χ3n) is 4.98. The van der Waals surface area contributed by atoms with Gasteiger partial charge in [-0.1, -0.05) is 47.5 Å². The van der Waals surface area contributed by atoms with Crippen LogP contribution in [0.5, 0.6) is 0 Å². The van der Waals surface area contributed by atoms with Crippen LogP contribution in [0, 0.1) is 0 Å². The van der Waals surface area contributed by atoms with Crippen molar-refractivity contribution < 1.29 is 9.59 Å². The molecule has 2 aromatic carbocycles. The number of anilines is 2. The lowest BCUT2D eigenvalue weighted by atomic mass is 10.2. The molecule has 1 aliphatic heterocycles. The fourth-order valence-electron chi connectivity index (χ4n) is 3.23. The van der Waals surface area contributed by atoms with E-state index in [1.54, 1.807) is 24.3 Å². The minimum atomic E-state index is -0.287. The van der Waals surface area contributed by atoms with Crippen LogP contribution in [0.3, 0.4) is 0 Å². The Morgan fingerprint density at radius 2 is 1.41 bits per heavy atom. The van der Waals surface area contributed by atoms with Gasteiger partial charge in [-0.15, -0.1) is 0 Å². The van der Waals surface area contributed by atoms with E-state index in [4.69, 9.17) is 23.2 Å². The maximum absolute atomic E-state index is 12.6. The molecule has 0 radical (unpaired) electrons. The van der Waals surface area contributed by atoms with E-state index < -0.39 is 0 Å². The molecular formula is C21H24Cl2N4O2. The van der Waals surface area contributed by atoms with Crippen molar-refractivity contribution in [2.45, 2.75) is 13.0 Å². The number of hydrogen-bond acceptors (Lipinski definition) is 4. The Morgan fingerprint density at radius 1 is 0.897 bits per heavy atom. The zero-order valence-electron chi connectivity index (χ0n) is 16.2. The molecule has 0 saturated carbocycles. The zero-order valence-corrected chi connectivity index (χ0v) is 17.7. The van der Waals surface area contributed by atoms with Crippen molar-refractivity contribution in [3.05, 3.63) is 58.6 Å². The minimum absolute atomic E-state index is 0.0944. The van der Waals surface area contributed by atoms with E-state index in [-0.39, 0.29) is 17.9 Å². The summed E-state index contributed by atoms with van der Waals surface area (Å²) in [5.41, 5.74) is 1.23. The summed E-state index contributed by atoms with van der Waals surface area (Å²) in [5.74, 6) is -0.195. The number of nitrogens with zero attached hydrogens (tertiary/aromatic N) is 2. The van der Waals surface area contributed by atoms with Crippen molar-refractivity contribution in [3.63, 3.8) is 0 Å². The van der Waals surface area contributed by atoms with Gasteiger partial charge >= 0.3 is 0 Å². The molecule has 1 saturated heterocycles. The van der Waals surface area contributed by atoms with Crippen LogP contribution < -0.4 is 10.6 Å². The number of carbonyl (C=O) groups is 2. The third kappa shape index (κ3) is 5.93. The van der Waals surface area contributed by atoms with Gasteiger partial charge < -0.3 is 10.6 Å². The molecule has 1 unspecified atom stereocenters. The zero-order chi connectivity index (χ0) is 20.8. The molecule has 2 N–H and O–H groups in total. The van der Waals surface area contributed by atoms with E-state index in [2.05, 4.69) is 20.4 Å². The monoisotopic (exact) mass is 434 g/mol. The summed E-state index contributed by atoms with van der Waals surface area (Å²) >= 11 is 12.2. The number of amides is 2. The Balaban J connectivity index is 1.46. The molecule has 0 spiro atoms. The van der Waals surface area contributed by atoms with Crippen molar-refractivity contribution in [3.8, 4) is 0 Å². The van der Waals surface area contributed by atoms with Crippen LogP contribution >= 0.6 is 23.2 Å². The highest BCUT2D eigenvalue weighted by molar-refractivity contribution is 6.34. The van der Waals surface area contributed by atoms with E-state index in [0.29, 0.717) is 54.1 Å². The summed E-state index contributed by atoms with van der Waals surface area (Å²) in [5, 5.41) is 6.75. The van der Waals surface area contributed by atoms with E-state index in [0.717, 1.165) is 0 Å². The lowest BCUT2D eigenvalue weighted by Gasteiger charge is -2.37.